The first-order valence-corrected chi connectivity index (χ1v) is 7.15. The van der Waals surface area contributed by atoms with E-state index in [0.717, 1.165) is 38.4 Å². The Kier molecular flexibility index (Phi) is 4.16. The molecular formula is C15H23F2N3. The van der Waals surface area contributed by atoms with Gasteiger partial charge >= 0.3 is 0 Å². The maximum atomic E-state index is 13.9. The number of nitrogen functional groups attached to an aromatic ring is 1. The van der Waals surface area contributed by atoms with Gasteiger partial charge in [0.2, 0.25) is 0 Å². The molecule has 3 nitrogen and oxygen atoms in total. The first kappa shape index (κ1) is 15.0. The summed E-state index contributed by atoms with van der Waals surface area (Å²) >= 11 is 0. The van der Waals surface area contributed by atoms with Crippen molar-refractivity contribution >= 4 is 11.6 Å². The number of anilines is 2. The van der Waals surface area contributed by atoms with E-state index in [1.165, 1.54) is 0 Å². The van der Waals surface area contributed by atoms with E-state index in [2.05, 4.69) is 25.8 Å². The van der Waals surface area contributed by atoms with Crippen LogP contribution in [0.2, 0.25) is 0 Å². The lowest BCUT2D eigenvalue weighted by Crippen LogP contribution is -2.28. The molecule has 1 aliphatic heterocycles. The van der Waals surface area contributed by atoms with Crippen LogP contribution in [0.4, 0.5) is 20.4 Å². The predicted molar refractivity (Wildman–Crippen MR) is 77.6 cm³/mol. The van der Waals surface area contributed by atoms with Crippen LogP contribution in [0.15, 0.2) is 6.07 Å². The van der Waals surface area contributed by atoms with Crippen molar-refractivity contribution < 1.29 is 8.78 Å². The molecule has 2 rings (SSSR count). The number of aromatic nitrogens is 1. The molecule has 0 aliphatic carbocycles. The van der Waals surface area contributed by atoms with Crippen LogP contribution in [-0.2, 0) is 0 Å². The number of hydrogen-bond acceptors (Lipinski definition) is 3. The highest BCUT2D eigenvalue weighted by molar-refractivity contribution is 5.47. The highest BCUT2D eigenvalue weighted by Crippen LogP contribution is 2.35. The summed E-state index contributed by atoms with van der Waals surface area (Å²) in [5.41, 5.74) is 5.71. The van der Waals surface area contributed by atoms with Gasteiger partial charge in [0.25, 0.3) is 0 Å². The molecule has 1 aliphatic rings. The molecular weight excluding hydrogens is 260 g/mol. The molecule has 2 N–H and O–H groups in total. The molecule has 1 aromatic heterocycles. The minimum absolute atomic E-state index is 0.179. The summed E-state index contributed by atoms with van der Waals surface area (Å²) in [5.74, 6) is -0.885. The average Bonchev–Trinajstić information content (AvgIpc) is 2.59. The first-order chi connectivity index (χ1) is 9.29. The van der Waals surface area contributed by atoms with E-state index >= 15 is 0 Å². The molecule has 0 radical (unpaired) electrons. The Morgan fingerprint density at radius 2 is 1.90 bits per heavy atom. The highest BCUT2D eigenvalue weighted by Gasteiger charge is 2.28. The lowest BCUT2D eigenvalue weighted by Gasteiger charge is -2.30. The van der Waals surface area contributed by atoms with Gasteiger partial charge in [-0.05, 0) is 30.6 Å². The van der Waals surface area contributed by atoms with Crippen LogP contribution in [0.1, 0.15) is 40.0 Å². The Balaban J connectivity index is 2.17. The summed E-state index contributed by atoms with van der Waals surface area (Å²) in [4.78, 5) is 5.76. The molecule has 2 heterocycles. The molecule has 1 fully saturated rings. The highest BCUT2D eigenvalue weighted by atomic mass is 19.1. The largest absolute Gasteiger partial charge is 0.381 e. The van der Waals surface area contributed by atoms with Crippen molar-refractivity contribution in [1.29, 1.82) is 0 Å². The third-order valence-electron chi connectivity index (χ3n) is 4.19. The number of halogens is 2. The summed E-state index contributed by atoms with van der Waals surface area (Å²) in [6.45, 7) is 8.19. The Morgan fingerprint density at radius 1 is 1.20 bits per heavy atom. The smallest absolute Gasteiger partial charge is 0.168 e. The molecule has 1 saturated heterocycles. The summed E-state index contributed by atoms with van der Waals surface area (Å²) in [7, 11) is 0. The number of hydrogen-bond donors (Lipinski definition) is 1. The molecule has 1 unspecified atom stereocenters. The van der Waals surface area contributed by atoms with Gasteiger partial charge in [-0.25, -0.2) is 13.8 Å². The van der Waals surface area contributed by atoms with E-state index in [4.69, 9.17) is 5.73 Å². The van der Waals surface area contributed by atoms with Crippen molar-refractivity contribution in [2.45, 2.75) is 40.0 Å². The molecule has 0 spiro atoms. The maximum Gasteiger partial charge on any atom is 0.168 e. The first-order valence-electron chi connectivity index (χ1n) is 7.15. The lowest BCUT2D eigenvalue weighted by molar-refractivity contribution is 0.220. The van der Waals surface area contributed by atoms with Crippen molar-refractivity contribution in [3.05, 3.63) is 17.7 Å². The summed E-state index contributed by atoms with van der Waals surface area (Å²) in [6, 6.07) is 0.823. The molecule has 5 heteroatoms. The van der Waals surface area contributed by atoms with E-state index in [1.54, 1.807) is 0 Å². The fraction of sp³-hybridized carbons (Fsp3) is 0.667. The minimum Gasteiger partial charge on any atom is -0.381 e. The van der Waals surface area contributed by atoms with Gasteiger partial charge in [-0.2, -0.15) is 0 Å². The average molecular weight is 283 g/mol. The number of nitrogens with two attached hydrogens (primary N) is 1. The summed E-state index contributed by atoms with van der Waals surface area (Å²) in [5, 5.41) is 0. The van der Waals surface area contributed by atoms with Crippen molar-refractivity contribution in [2.75, 3.05) is 23.7 Å². The number of nitrogens with zero attached hydrogens (tertiary/aromatic N) is 2. The van der Waals surface area contributed by atoms with Crippen LogP contribution < -0.4 is 10.6 Å². The number of pyridine rings is 1. The molecule has 112 valence electrons. The Hall–Kier alpha value is -1.39. The molecule has 0 bridgehead atoms. The monoisotopic (exact) mass is 283 g/mol. The normalized spacial score (nSPS) is 20.9. The van der Waals surface area contributed by atoms with E-state index < -0.39 is 11.6 Å². The van der Waals surface area contributed by atoms with E-state index in [1.807, 2.05) is 4.90 Å². The standard InChI is InChI=1S/C15H23F2N3/c1-15(2,3)10-5-4-7-20(8-6-10)14-12(17)9-11(16)13(18)19-14/h9-10H,4-8H2,1-3H3,(H2,18,19). The molecule has 1 atom stereocenters. The van der Waals surface area contributed by atoms with Gasteiger partial charge in [0.15, 0.2) is 23.3 Å². The Bertz CT molecular complexity index is 483. The SMILES string of the molecule is CC(C)(C)C1CCCN(c2nc(N)c(F)cc2F)CC1. The minimum atomic E-state index is -0.798. The quantitative estimate of drug-likeness (QED) is 0.856. The van der Waals surface area contributed by atoms with Gasteiger partial charge in [-0.3, -0.25) is 0 Å². The summed E-state index contributed by atoms with van der Waals surface area (Å²) in [6.07, 6.45) is 3.10. The van der Waals surface area contributed by atoms with E-state index in [0.29, 0.717) is 5.92 Å². The molecule has 0 saturated carbocycles. The van der Waals surface area contributed by atoms with Gasteiger partial charge in [-0.1, -0.05) is 20.8 Å². The van der Waals surface area contributed by atoms with Crippen LogP contribution in [0.3, 0.4) is 0 Å². The van der Waals surface area contributed by atoms with Gasteiger partial charge in [-0.15, -0.1) is 0 Å². The fourth-order valence-electron chi connectivity index (χ4n) is 2.87. The van der Waals surface area contributed by atoms with Crippen molar-refractivity contribution in [3.63, 3.8) is 0 Å². The lowest BCUT2D eigenvalue weighted by atomic mass is 9.77. The van der Waals surface area contributed by atoms with Gasteiger partial charge < -0.3 is 10.6 Å². The zero-order valence-corrected chi connectivity index (χ0v) is 12.4. The molecule has 20 heavy (non-hydrogen) atoms. The van der Waals surface area contributed by atoms with Gasteiger partial charge in [0.1, 0.15) is 0 Å². The number of rotatable bonds is 1. The molecule has 1 aromatic rings. The van der Waals surface area contributed by atoms with Crippen LogP contribution >= 0.6 is 0 Å². The molecule has 0 aromatic carbocycles. The second-order valence-corrected chi connectivity index (χ2v) is 6.64. The van der Waals surface area contributed by atoms with Crippen LogP contribution in [0.25, 0.3) is 0 Å². The Morgan fingerprint density at radius 3 is 2.55 bits per heavy atom. The van der Waals surface area contributed by atoms with Crippen LogP contribution in [0, 0.1) is 23.0 Å². The fourth-order valence-corrected chi connectivity index (χ4v) is 2.87. The Labute approximate surface area is 119 Å². The second-order valence-electron chi connectivity index (χ2n) is 6.64. The van der Waals surface area contributed by atoms with E-state index in [9.17, 15) is 8.78 Å². The predicted octanol–water partition coefficient (Wildman–Crippen LogP) is 3.59. The third-order valence-corrected chi connectivity index (χ3v) is 4.19. The van der Waals surface area contributed by atoms with Gasteiger partial charge in [0, 0.05) is 19.2 Å². The maximum absolute atomic E-state index is 13.9. The van der Waals surface area contributed by atoms with Crippen molar-refractivity contribution in [2.24, 2.45) is 11.3 Å². The van der Waals surface area contributed by atoms with Crippen molar-refractivity contribution in [3.8, 4) is 0 Å². The van der Waals surface area contributed by atoms with Crippen LogP contribution in [-0.4, -0.2) is 18.1 Å². The zero-order valence-electron chi connectivity index (χ0n) is 12.4. The third kappa shape index (κ3) is 3.19. The second kappa shape index (κ2) is 5.54. The van der Waals surface area contributed by atoms with E-state index in [-0.39, 0.29) is 17.1 Å². The molecule has 0 amide bonds. The zero-order chi connectivity index (χ0) is 14.9. The summed E-state index contributed by atoms with van der Waals surface area (Å²) < 4.78 is 27.1. The topological polar surface area (TPSA) is 42.2 Å². The van der Waals surface area contributed by atoms with Gasteiger partial charge in [0.05, 0.1) is 0 Å². The van der Waals surface area contributed by atoms with Crippen LogP contribution in [0.5, 0.6) is 0 Å². The van der Waals surface area contributed by atoms with Crippen molar-refractivity contribution in [1.82, 2.24) is 4.98 Å².